The fraction of sp³-hybridized carbons (Fsp3) is 0.833. The Hall–Kier alpha value is -1.27. The molecule has 1 atom stereocenters. The lowest BCUT2D eigenvalue weighted by atomic mass is 10.0. The van der Waals surface area contributed by atoms with E-state index in [-0.39, 0.29) is 18.9 Å². The predicted octanol–water partition coefficient (Wildman–Crippen LogP) is 2.42. The molecule has 0 aliphatic heterocycles. The van der Waals surface area contributed by atoms with Crippen LogP contribution in [-0.4, -0.2) is 30.7 Å². The van der Waals surface area contributed by atoms with E-state index in [4.69, 9.17) is 4.74 Å². The van der Waals surface area contributed by atoms with Gasteiger partial charge in [0.2, 0.25) is 0 Å². The summed E-state index contributed by atoms with van der Waals surface area (Å²) in [5.74, 6) is -2.98. The first kappa shape index (κ1) is 17.7. The van der Waals surface area contributed by atoms with Crippen molar-refractivity contribution in [1.82, 2.24) is 5.32 Å². The van der Waals surface area contributed by atoms with Gasteiger partial charge in [-0.05, 0) is 18.8 Å². The molecule has 7 heteroatoms. The van der Waals surface area contributed by atoms with Crippen LogP contribution in [0.5, 0.6) is 0 Å². The van der Waals surface area contributed by atoms with Crippen LogP contribution in [0.3, 0.4) is 0 Å². The minimum absolute atomic E-state index is 0.0442. The highest BCUT2D eigenvalue weighted by Gasteiger charge is 2.41. The number of rotatable bonds is 7. The van der Waals surface area contributed by atoms with Crippen LogP contribution in [0.25, 0.3) is 0 Å². The van der Waals surface area contributed by atoms with Crippen LogP contribution in [-0.2, 0) is 14.3 Å². The number of amides is 1. The van der Waals surface area contributed by atoms with Gasteiger partial charge in [0.25, 0.3) is 0 Å². The molecule has 112 valence electrons. The molecule has 0 heterocycles. The van der Waals surface area contributed by atoms with Gasteiger partial charge in [-0.2, -0.15) is 13.2 Å². The third-order valence-corrected chi connectivity index (χ3v) is 2.30. The normalized spacial score (nSPS) is 13.2. The number of alkyl halides is 3. The molecule has 0 bridgehead atoms. The van der Waals surface area contributed by atoms with E-state index in [2.05, 4.69) is 0 Å². The molecular weight excluding hydrogens is 263 g/mol. The van der Waals surface area contributed by atoms with Crippen LogP contribution in [0, 0.1) is 5.92 Å². The lowest BCUT2D eigenvalue weighted by Crippen LogP contribution is -2.48. The minimum atomic E-state index is -5.00. The molecule has 0 rings (SSSR count). The Morgan fingerprint density at radius 3 is 2.26 bits per heavy atom. The summed E-state index contributed by atoms with van der Waals surface area (Å²) in [5, 5.41) is 1.68. The number of unbranched alkanes of at least 4 members (excludes halogenated alkanes) is 1. The van der Waals surface area contributed by atoms with Crippen molar-refractivity contribution in [2.24, 2.45) is 5.92 Å². The SMILES string of the molecule is CCCCOC(=O)[C@H](CC(C)C)NC(=O)C(F)(F)F. The Kier molecular flexibility index (Phi) is 7.48. The zero-order valence-corrected chi connectivity index (χ0v) is 11.3. The third-order valence-electron chi connectivity index (χ3n) is 2.30. The van der Waals surface area contributed by atoms with E-state index in [9.17, 15) is 22.8 Å². The largest absolute Gasteiger partial charge is 0.471 e. The van der Waals surface area contributed by atoms with Gasteiger partial charge in [0.05, 0.1) is 6.61 Å². The summed E-state index contributed by atoms with van der Waals surface area (Å²) >= 11 is 0. The molecule has 0 aliphatic carbocycles. The number of esters is 1. The molecule has 0 saturated carbocycles. The summed E-state index contributed by atoms with van der Waals surface area (Å²) in [6.45, 7) is 5.52. The van der Waals surface area contributed by atoms with E-state index in [0.717, 1.165) is 6.42 Å². The molecule has 0 aliphatic rings. The molecule has 0 unspecified atom stereocenters. The molecular formula is C12H20F3NO3. The van der Waals surface area contributed by atoms with Gasteiger partial charge in [-0.3, -0.25) is 4.79 Å². The van der Waals surface area contributed by atoms with Crippen molar-refractivity contribution < 1.29 is 27.5 Å². The molecule has 0 radical (unpaired) electrons. The quantitative estimate of drug-likeness (QED) is 0.576. The maximum absolute atomic E-state index is 12.2. The smallest absolute Gasteiger partial charge is 0.464 e. The summed E-state index contributed by atoms with van der Waals surface area (Å²) in [5.41, 5.74) is 0. The van der Waals surface area contributed by atoms with Gasteiger partial charge >= 0.3 is 18.1 Å². The number of hydrogen-bond acceptors (Lipinski definition) is 3. The van der Waals surface area contributed by atoms with Crippen molar-refractivity contribution in [3.63, 3.8) is 0 Å². The van der Waals surface area contributed by atoms with Crippen molar-refractivity contribution >= 4 is 11.9 Å². The Labute approximate surface area is 110 Å². The molecule has 0 saturated heterocycles. The molecule has 0 spiro atoms. The topological polar surface area (TPSA) is 55.4 Å². The number of hydrogen-bond donors (Lipinski definition) is 1. The average Bonchev–Trinajstić information content (AvgIpc) is 2.26. The van der Waals surface area contributed by atoms with Crippen molar-refractivity contribution in [3.05, 3.63) is 0 Å². The van der Waals surface area contributed by atoms with Crippen molar-refractivity contribution in [2.45, 2.75) is 52.3 Å². The molecule has 1 amide bonds. The van der Waals surface area contributed by atoms with Gasteiger partial charge in [-0.15, -0.1) is 0 Å². The number of ether oxygens (including phenoxy) is 1. The monoisotopic (exact) mass is 283 g/mol. The fourth-order valence-corrected chi connectivity index (χ4v) is 1.34. The molecule has 1 N–H and O–H groups in total. The molecule has 19 heavy (non-hydrogen) atoms. The van der Waals surface area contributed by atoms with Crippen molar-refractivity contribution in [1.29, 1.82) is 0 Å². The van der Waals surface area contributed by atoms with Crippen molar-refractivity contribution in [3.8, 4) is 0 Å². The third kappa shape index (κ3) is 7.69. The molecule has 0 fully saturated rings. The van der Waals surface area contributed by atoms with Crippen LogP contribution < -0.4 is 5.32 Å². The van der Waals surface area contributed by atoms with Crippen molar-refractivity contribution in [2.75, 3.05) is 6.61 Å². The minimum Gasteiger partial charge on any atom is -0.464 e. The summed E-state index contributed by atoms with van der Waals surface area (Å²) in [4.78, 5) is 22.5. The van der Waals surface area contributed by atoms with E-state index < -0.39 is 24.1 Å². The number of halogens is 3. The van der Waals surface area contributed by atoms with Gasteiger partial charge in [0.1, 0.15) is 6.04 Å². The fourth-order valence-electron chi connectivity index (χ4n) is 1.34. The second kappa shape index (κ2) is 8.01. The zero-order valence-electron chi connectivity index (χ0n) is 11.3. The predicted molar refractivity (Wildman–Crippen MR) is 63.3 cm³/mol. The van der Waals surface area contributed by atoms with Crippen LogP contribution in [0.1, 0.15) is 40.0 Å². The maximum Gasteiger partial charge on any atom is 0.471 e. The summed E-state index contributed by atoms with van der Waals surface area (Å²) in [6.07, 6.45) is -3.46. The molecule has 0 aromatic heterocycles. The van der Waals surface area contributed by atoms with Gasteiger partial charge in [0, 0.05) is 0 Å². The van der Waals surface area contributed by atoms with E-state index in [1.54, 1.807) is 19.2 Å². The van der Waals surface area contributed by atoms with E-state index in [1.165, 1.54) is 0 Å². The number of carbonyl (C=O) groups excluding carboxylic acids is 2. The Balaban J connectivity index is 4.54. The van der Waals surface area contributed by atoms with E-state index in [0.29, 0.717) is 6.42 Å². The Bertz CT molecular complexity index is 303. The highest BCUT2D eigenvalue weighted by atomic mass is 19.4. The lowest BCUT2D eigenvalue weighted by molar-refractivity contribution is -0.176. The van der Waals surface area contributed by atoms with Gasteiger partial charge in [-0.1, -0.05) is 27.2 Å². The highest BCUT2D eigenvalue weighted by Crippen LogP contribution is 2.16. The number of nitrogens with one attached hydrogen (secondary N) is 1. The van der Waals surface area contributed by atoms with Gasteiger partial charge < -0.3 is 10.1 Å². The van der Waals surface area contributed by atoms with Crippen LogP contribution in [0.15, 0.2) is 0 Å². The summed E-state index contributed by atoms with van der Waals surface area (Å²) in [6, 6.07) is -1.26. The zero-order chi connectivity index (χ0) is 15.1. The first-order valence-electron chi connectivity index (χ1n) is 6.22. The molecule has 4 nitrogen and oxygen atoms in total. The maximum atomic E-state index is 12.2. The first-order valence-corrected chi connectivity index (χ1v) is 6.22. The summed E-state index contributed by atoms with van der Waals surface area (Å²) < 4.78 is 41.3. The van der Waals surface area contributed by atoms with Gasteiger partial charge in [-0.25, -0.2) is 4.79 Å². The Morgan fingerprint density at radius 1 is 1.26 bits per heavy atom. The standard InChI is InChI=1S/C12H20F3NO3/c1-4-5-6-19-10(17)9(7-8(2)3)16-11(18)12(13,14)15/h8-9H,4-7H2,1-3H3,(H,16,18)/t9-/m0/s1. The van der Waals surface area contributed by atoms with Crippen LogP contribution in [0.2, 0.25) is 0 Å². The Morgan fingerprint density at radius 2 is 1.84 bits per heavy atom. The second-order valence-electron chi connectivity index (χ2n) is 4.67. The second-order valence-corrected chi connectivity index (χ2v) is 4.67. The van der Waals surface area contributed by atoms with Crippen LogP contribution >= 0.6 is 0 Å². The molecule has 0 aromatic rings. The van der Waals surface area contributed by atoms with E-state index in [1.807, 2.05) is 6.92 Å². The summed E-state index contributed by atoms with van der Waals surface area (Å²) in [7, 11) is 0. The van der Waals surface area contributed by atoms with E-state index >= 15 is 0 Å². The number of carbonyl (C=O) groups is 2. The first-order chi connectivity index (χ1) is 8.68. The highest BCUT2D eigenvalue weighted by molar-refractivity contribution is 5.87. The van der Waals surface area contributed by atoms with Gasteiger partial charge in [0.15, 0.2) is 0 Å². The lowest BCUT2D eigenvalue weighted by Gasteiger charge is -2.20. The molecule has 0 aromatic carbocycles. The average molecular weight is 283 g/mol. The van der Waals surface area contributed by atoms with Crippen LogP contribution in [0.4, 0.5) is 13.2 Å².